The van der Waals surface area contributed by atoms with Crippen LogP contribution in [0.4, 0.5) is 0 Å². The summed E-state index contributed by atoms with van der Waals surface area (Å²) in [6, 6.07) is 6.45. The van der Waals surface area contributed by atoms with Crippen LogP contribution in [0, 0.1) is 0 Å². The Morgan fingerprint density at radius 3 is 2.81 bits per heavy atom. The summed E-state index contributed by atoms with van der Waals surface area (Å²) in [5, 5.41) is 0.550. The fraction of sp³-hybridized carbons (Fsp3) is 0.462. The summed E-state index contributed by atoms with van der Waals surface area (Å²) in [6.07, 6.45) is 0.674. The lowest BCUT2D eigenvalue weighted by atomic mass is 10.3. The standard InChI is InChI=1S/C13H17ClNO5P/c1-2-18-13(16)10-15-8-3-9-19-21(15,17)20-12-6-4-11(14)5-7-12/h4-7H,2-3,8-10H2,1H3. The summed E-state index contributed by atoms with van der Waals surface area (Å²) in [5.41, 5.74) is 0. The molecule has 0 amide bonds. The van der Waals surface area contributed by atoms with Gasteiger partial charge in [0.1, 0.15) is 12.3 Å². The maximum atomic E-state index is 12.8. The Morgan fingerprint density at radius 2 is 2.14 bits per heavy atom. The van der Waals surface area contributed by atoms with Gasteiger partial charge in [0.05, 0.1) is 13.2 Å². The molecule has 0 radical (unpaired) electrons. The van der Waals surface area contributed by atoms with E-state index in [-0.39, 0.29) is 13.2 Å². The first-order chi connectivity index (χ1) is 10.0. The van der Waals surface area contributed by atoms with Crippen LogP contribution in [-0.2, 0) is 18.6 Å². The molecule has 1 aliphatic heterocycles. The lowest BCUT2D eigenvalue weighted by Gasteiger charge is -2.32. The molecular weight excluding hydrogens is 317 g/mol. The molecule has 6 nitrogen and oxygen atoms in total. The number of esters is 1. The van der Waals surface area contributed by atoms with Crippen LogP contribution in [-0.4, -0.2) is 36.9 Å². The molecule has 2 rings (SSSR count). The number of hydrogen-bond donors (Lipinski definition) is 0. The number of nitrogens with zero attached hydrogens (tertiary/aromatic N) is 1. The van der Waals surface area contributed by atoms with Crippen LogP contribution in [0.5, 0.6) is 5.75 Å². The Labute approximate surface area is 128 Å². The van der Waals surface area contributed by atoms with Gasteiger partial charge in [-0.25, -0.2) is 4.57 Å². The summed E-state index contributed by atoms with van der Waals surface area (Å²) in [6.45, 7) is 2.64. The molecule has 1 heterocycles. The average molecular weight is 334 g/mol. The fourth-order valence-corrected chi connectivity index (χ4v) is 3.75. The third-order valence-corrected chi connectivity index (χ3v) is 5.05. The van der Waals surface area contributed by atoms with Crippen LogP contribution in [0.15, 0.2) is 24.3 Å². The van der Waals surface area contributed by atoms with Crippen molar-refractivity contribution in [3.8, 4) is 5.75 Å². The zero-order valence-electron chi connectivity index (χ0n) is 11.7. The lowest BCUT2D eigenvalue weighted by Crippen LogP contribution is -2.35. The van der Waals surface area contributed by atoms with Crippen molar-refractivity contribution in [3.63, 3.8) is 0 Å². The van der Waals surface area contributed by atoms with Crippen molar-refractivity contribution in [1.82, 2.24) is 4.67 Å². The summed E-state index contributed by atoms with van der Waals surface area (Å²) in [7, 11) is -3.55. The number of halogens is 1. The highest BCUT2D eigenvalue weighted by Gasteiger charge is 2.39. The summed E-state index contributed by atoms with van der Waals surface area (Å²) in [4.78, 5) is 11.6. The van der Waals surface area contributed by atoms with Gasteiger partial charge >= 0.3 is 13.7 Å². The van der Waals surface area contributed by atoms with Gasteiger partial charge in [0.25, 0.3) is 0 Å². The van der Waals surface area contributed by atoms with Gasteiger partial charge in [-0.15, -0.1) is 0 Å². The lowest BCUT2D eigenvalue weighted by molar-refractivity contribution is -0.143. The van der Waals surface area contributed by atoms with E-state index in [0.29, 0.717) is 30.3 Å². The van der Waals surface area contributed by atoms with Crippen LogP contribution in [0.2, 0.25) is 5.02 Å². The average Bonchev–Trinajstić information content (AvgIpc) is 2.44. The van der Waals surface area contributed by atoms with E-state index in [1.165, 1.54) is 4.67 Å². The second-order valence-corrected chi connectivity index (χ2v) is 6.77. The Hall–Kier alpha value is -1.07. The molecule has 8 heteroatoms. The van der Waals surface area contributed by atoms with E-state index in [9.17, 15) is 9.36 Å². The normalized spacial score (nSPS) is 22.8. The molecule has 1 fully saturated rings. The molecule has 0 N–H and O–H groups in total. The molecule has 1 saturated heterocycles. The van der Waals surface area contributed by atoms with Gasteiger partial charge in [0, 0.05) is 11.6 Å². The van der Waals surface area contributed by atoms with Crippen molar-refractivity contribution in [2.45, 2.75) is 13.3 Å². The molecule has 21 heavy (non-hydrogen) atoms. The van der Waals surface area contributed by atoms with E-state index < -0.39 is 13.7 Å². The van der Waals surface area contributed by atoms with Crippen LogP contribution >= 0.6 is 19.3 Å². The molecule has 1 aromatic carbocycles. The number of carbonyl (C=O) groups is 1. The zero-order chi connectivity index (χ0) is 15.3. The van der Waals surface area contributed by atoms with Gasteiger partial charge in [-0.3, -0.25) is 9.32 Å². The Bertz CT molecular complexity index is 536. The minimum atomic E-state index is -3.55. The molecule has 1 unspecified atom stereocenters. The minimum Gasteiger partial charge on any atom is -0.465 e. The van der Waals surface area contributed by atoms with Crippen molar-refractivity contribution in [2.24, 2.45) is 0 Å². The molecule has 0 aromatic heterocycles. The Balaban J connectivity index is 2.10. The van der Waals surface area contributed by atoms with Gasteiger partial charge in [-0.2, -0.15) is 4.67 Å². The van der Waals surface area contributed by atoms with Gasteiger partial charge in [0.2, 0.25) is 0 Å². The van der Waals surface area contributed by atoms with Crippen molar-refractivity contribution < 1.29 is 23.1 Å². The molecule has 0 spiro atoms. The Kier molecular flexibility index (Phi) is 5.65. The first kappa shape index (κ1) is 16.3. The van der Waals surface area contributed by atoms with Crippen LogP contribution in [0.25, 0.3) is 0 Å². The summed E-state index contributed by atoms with van der Waals surface area (Å²) >= 11 is 5.79. The quantitative estimate of drug-likeness (QED) is 0.609. The molecule has 1 atom stereocenters. The minimum absolute atomic E-state index is 0.126. The number of rotatable bonds is 5. The number of benzene rings is 1. The van der Waals surface area contributed by atoms with Gasteiger partial charge in [-0.05, 0) is 37.6 Å². The summed E-state index contributed by atoms with van der Waals surface area (Å²) in [5.74, 6) is -0.0820. The first-order valence-corrected chi connectivity index (χ1v) is 8.51. The van der Waals surface area contributed by atoms with Crippen LogP contribution in [0.1, 0.15) is 13.3 Å². The smallest absolute Gasteiger partial charge is 0.461 e. The highest BCUT2D eigenvalue weighted by molar-refractivity contribution is 7.51. The number of carbonyl (C=O) groups excluding carboxylic acids is 1. The molecule has 0 bridgehead atoms. The van der Waals surface area contributed by atoms with Crippen LogP contribution < -0.4 is 4.52 Å². The van der Waals surface area contributed by atoms with E-state index in [1.807, 2.05) is 0 Å². The van der Waals surface area contributed by atoms with Gasteiger partial charge in [-0.1, -0.05) is 11.6 Å². The highest BCUT2D eigenvalue weighted by atomic mass is 35.5. The fourth-order valence-electron chi connectivity index (χ4n) is 1.87. The van der Waals surface area contributed by atoms with Gasteiger partial charge in [0.15, 0.2) is 0 Å². The maximum absolute atomic E-state index is 12.8. The van der Waals surface area contributed by atoms with E-state index in [0.717, 1.165) is 0 Å². The molecule has 0 saturated carbocycles. The second kappa shape index (κ2) is 7.27. The first-order valence-electron chi connectivity index (χ1n) is 6.64. The van der Waals surface area contributed by atoms with E-state index in [2.05, 4.69) is 0 Å². The number of hydrogen-bond acceptors (Lipinski definition) is 5. The zero-order valence-corrected chi connectivity index (χ0v) is 13.3. The van der Waals surface area contributed by atoms with E-state index in [4.69, 9.17) is 25.4 Å². The number of ether oxygens (including phenoxy) is 1. The topological polar surface area (TPSA) is 65.1 Å². The van der Waals surface area contributed by atoms with Gasteiger partial charge < -0.3 is 9.26 Å². The largest absolute Gasteiger partial charge is 0.465 e. The van der Waals surface area contributed by atoms with Crippen LogP contribution in [0.3, 0.4) is 0 Å². The van der Waals surface area contributed by atoms with Crippen molar-refractivity contribution in [1.29, 1.82) is 0 Å². The van der Waals surface area contributed by atoms with Crippen molar-refractivity contribution in [2.75, 3.05) is 26.3 Å². The van der Waals surface area contributed by atoms with Crippen molar-refractivity contribution >= 4 is 25.3 Å². The molecule has 0 aliphatic carbocycles. The summed E-state index contributed by atoms with van der Waals surface area (Å²) < 4.78 is 29.9. The molecule has 116 valence electrons. The molecule has 1 aromatic rings. The predicted molar refractivity (Wildman–Crippen MR) is 78.5 cm³/mol. The van der Waals surface area contributed by atoms with Crippen molar-refractivity contribution in [3.05, 3.63) is 29.3 Å². The SMILES string of the molecule is CCOC(=O)CN1CCCOP1(=O)Oc1ccc(Cl)cc1. The third kappa shape index (κ3) is 4.45. The predicted octanol–water partition coefficient (Wildman–Crippen LogP) is 3.11. The Morgan fingerprint density at radius 1 is 1.43 bits per heavy atom. The molecular formula is C13H17ClNO5P. The molecule has 1 aliphatic rings. The van der Waals surface area contributed by atoms with E-state index in [1.54, 1.807) is 31.2 Å². The van der Waals surface area contributed by atoms with E-state index >= 15 is 0 Å². The highest BCUT2D eigenvalue weighted by Crippen LogP contribution is 2.53. The second-order valence-electron chi connectivity index (χ2n) is 4.39. The maximum Gasteiger partial charge on any atom is 0.461 e. The monoisotopic (exact) mass is 333 g/mol. The third-order valence-electron chi connectivity index (χ3n) is 2.81.